The molecule has 1 saturated carbocycles. The van der Waals surface area contributed by atoms with Crippen molar-refractivity contribution in [2.24, 2.45) is 11.8 Å². The Balaban J connectivity index is 1.69. The Morgan fingerprint density at radius 3 is 3.00 bits per heavy atom. The third-order valence-electron chi connectivity index (χ3n) is 6.30. The normalized spacial score (nSPS) is 36.1. The molecule has 1 N–H and O–H groups in total. The number of carbonyl (C=O) groups is 1. The van der Waals surface area contributed by atoms with Crippen molar-refractivity contribution in [2.45, 2.75) is 38.1 Å². The van der Waals surface area contributed by atoms with Gasteiger partial charge in [-0.15, -0.1) is 0 Å². The summed E-state index contributed by atoms with van der Waals surface area (Å²) in [6, 6.07) is 9.10. The first-order chi connectivity index (χ1) is 10.7. The number of para-hydroxylation sites is 1. The quantitative estimate of drug-likeness (QED) is 0.877. The van der Waals surface area contributed by atoms with Gasteiger partial charge in [0.2, 0.25) is 0 Å². The maximum absolute atomic E-state index is 12.2. The molecule has 3 fully saturated rings. The van der Waals surface area contributed by atoms with Crippen LogP contribution in [-0.4, -0.2) is 34.8 Å². The molecule has 5 atom stereocenters. The lowest BCUT2D eigenvalue weighted by Crippen LogP contribution is -2.57. The van der Waals surface area contributed by atoms with E-state index in [0.717, 1.165) is 19.4 Å². The lowest BCUT2D eigenvalue weighted by molar-refractivity contribution is -0.129. The minimum absolute atomic E-state index is 0.245. The number of Topliss-reactive ketones (excluding diaryl/α,β-unsaturated/α-hetero) is 1. The molecule has 3 nitrogen and oxygen atoms in total. The van der Waals surface area contributed by atoms with Crippen molar-refractivity contribution in [3.8, 4) is 0 Å². The molecular formula is C19H22N2O. The number of hydrogen-bond donors (Lipinski definition) is 1. The molecule has 22 heavy (non-hydrogen) atoms. The van der Waals surface area contributed by atoms with Gasteiger partial charge in [0, 0.05) is 47.6 Å². The van der Waals surface area contributed by atoms with Gasteiger partial charge in [-0.1, -0.05) is 18.2 Å². The van der Waals surface area contributed by atoms with Gasteiger partial charge in [0.25, 0.3) is 0 Å². The number of aromatic nitrogens is 1. The fourth-order valence-corrected chi connectivity index (χ4v) is 5.48. The average Bonchev–Trinajstić information content (AvgIpc) is 2.86. The molecule has 3 aliphatic heterocycles. The summed E-state index contributed by atoms with van der Waals surface area (Å²) in [6.07, 6.45) is 3.48. The first-order valence-electron chi connectivity index (χ1n) is 8.56. The number of piperidine rings is 2. The van der Waals surface area contributed by atoms with Crippen LogP contribution in [0.3, 0.4) is 0 Å². The van der Waals surface area contributed by atoms with E-state index in [2.05, 4.69) is 34.1 Å². The molecule has 4 heterocycles. The van der Waals surface area contributed by atoms with Crippen molar-refractivity contribution in [1.29, 1.82) is 0 Å². The molecule has 5 unspecified atom stereocenters. The standard InChI is InChI=1S/C19H22N2O/c1-11(22)15-8-12-9-16-18-14(6-7-21(10-12)19(15)16)13-4-2-3-5-17(13)20-18/h2-5,12,15-16,19-20H,6-10H2,1H3. The molecule has 2 aromatic rings. The Morgan fingerprint density at radius 1 is 1.27 bits per heavy atom. The highest BCUT2D eigenvalue weighted by Crippen LogP contribution is 2.50. The van der Waals surface area contributed by atoms with E-state index >= 15 is 0 Å². The zero-order valence-corrected chi connectivity index (χ0v) is 13.0. The number of nitrogens with zero attached hydrogens (tertiary/aromatic N) is 1. The molecule has 0 radical (unpaired) electrons. The molecule has 4 aliphatic rings. The van der Waals surface area contributed by atoms with Gasteiger partial charge in [-0.2, -0.15) is 0 Å². The highest BCUT2D eigenvalue weighted by atomic mass is 16.1. The molecule has 3 heteroatoms. The first-order valence-corrected chi connectivity index (χ1v) is 8.56. The van der Waals surface area contributed by atoms with Crippen LogP contribution >= 0.6 is 0 Å². The van der Waals surface area contributed by atoms with Gasteiger partial charge >= 0.3 is 0 Å². The number of ketones is 1. The summed E-state index contributed by atoms with van der Waals surface area (Å²) in [7, 11) is 0. The second-order valence-electron chi connectivity index (χ2n) is 7.46. The number of benzene rings is 1. The molecule has 0 spiro atoms. The fourth-order valence-electron chi connectivity index (χ4n) is 5.48. The van der Waals surface area contributed by atoms with Gasteiger partial charge in [0.05, 0.1) is 0 Å². The predicted molar refractivity (Wildman–Crippen MR) is 87.0 cm³/mol. The summed E-state index contributed by atoms with van der Waals surface area (Å²) in [5, 5.41) is 1.39. The van der Waals surface area contributed by atoms with Gasteiger partial charge in [0.15, 0.2) is 0 Å². The van der Waals surface area contributed by atoms with Crippen LogP contribution in [-0.2, 0) is 11.2 Å². The number of nitrogens with one attached hydrogen (secondary N) is 1. The van der Waals surface area contributed by atoms with Crippen molar-refractivity contribution in [3.63, 3.8) is 0 Å². The van der Waals surface area contributed by atoms with Gasteiger partial charge in [-0.05, 0) is 43.7 Å². The van der Waals surface area contributed by atoms with Crippen LogP contribution in [0.1, 0.15) is 36.9 Å². The van der Waals surface area contributed by atoms with Crippen molar-refractivity contribution in [2.75, 3.05) is 13.1 Å². The first kappa shape index (κ1) is 12.9. The van der Waals surface area contributed by atoms with Crippen molar-refractivity contribution in [3.05, 3.63) is 35.5 Å². The molecular weight excluding hydrogens is 272 g/mol. The maximum Gasteiger partial charge on any atom is 0.134 e. The predicted octanol–water partition coefficient (Wildman–Crippen LogP) is 3.11. The summed E-state index contributed by atoms with van der Waals surface area (Å²) in [5.74, 6) is 1.85. The van der Waals surface area contributed by atoms with Gasteiger partial charge in [-0.3, -0.25) is 9.69 Å². The number of carbonyl (C=O) groups excluding carboxylic acids is 1. The van der Waals surface area contributed by atoms with E-state index in [1.54, 1.807) is 6.92 Å². The van der Waals surface area contributed by atoms with Crippen molar-refractivity contribution in [1.82, 2.24) is 9.88 Å². The van der Waals surface area contributed by atoms with Crippen LogP contribution in [0.15, 0.2) is 24.3 Å². The highest BCUT2D eigenvalue weighted by Gasteiger charge is 2.50. The average molecular weight is 294 g/mol. The van der Waals surface area contributed by atoms with Crippen LogP contribution in [0.25, 0.3) is 10.9 Å². The topological polar surface area (TPSA) is 36.1 Å². The second-order valence-corrected chi connectivity index (χ2v) is 7.46. The largest absolute Gasteiger partial charge is 0.358 e. The molecule has 0 amide bonds. The van der Waals surface area contributed by atoms with E-state index in [1.807, 2.05) is 0 Å². The van der Waals surface area contributed by atoms with Crippen LogP contribution in [0.5, 0.6) is 0 Å². The van der Waals surface area contributed by atoms with E-state index in [9.17, 15) is 4.79 Å². The van der Waals surface area contributed by atoms with E-state index < -0.39 is 0 Å². The highest BCUT2D eigenvalue weighted by molar-refractivity contribution is 5.85. The van der Waals surface area contributed by atoms with Gasteiger partial charge < -0.3 is 4.98 Å². The molecule has 2 saturated heterocycles. The Morgan fingerprint density at radius 2 is 2.14 bits per heavy atom. The Kier molecular flexibility index (Phi) is 2.61. The SMILES string of the molecule is CC(=O)C1CC2CC3c4[nH]c5ccccc5c4CCN(C2)C13. The Bertz CT molecular complexity index is 762. The van der Waals surface area contributed by atoms with E-state index in [1.165, 1.54) is 35.1 Å². The number of hydrogen-bond acceptors (Lipinski definition) is 2. The van der Waals surface area contributed by atoms with Crippen LogP contribution < -0.4 is 0 Å². The van der Waals surface area contributed by atoms with Crippen LogP contribution in [0.2, 0.25) is 0 Å². The summed E-state index contributed by atoms with van der Waals surface area (Å²) in [5.41, 5.74) is 4.21. The molecule has 1 aromatic carbocycles. The molecule has 1 aliphatic carbocycles. The Hall–Kier alpha value is -1.61. The lowest BCUT2D eigenvalue weighted by Gasteiger charge is -2.52. The monoisotopic (exact) mass is 294 g/mol. The number of H-pyrrole nitrogens is 1. The third kappa shape index (κ3) is 1.63. The summed E-state index contributed by atoms with van der Waals surface area (Å²) < 4.78 is 0. The maximum atomic E-state index is 12.2. The van der Waals surface area contributed by atoms with E-state index in [0.29, 0.717) is 23.7 Å². The van der Waals surface area contributed by atoms with E-state index in [4.69, 9.17) is 0 Å². The van der Waals surface area contributed by atoms with E-state index in [-0.39, 0.29) is 5.92 Å². The molecule has 6 rings (SSSR count). The minimum Gasteiger partial charge on any atom is -0.358 e. The lowest BCUT2D eigenvalue weighted by atomic mass is 9.65. The van der Waals surface area contributed by atoms with Crippen LogP contribution in [0.4, 0.5) is 0 Å². The van der Waals surface area contributed by atoms with Crippen LogP contribution in [0, 0.1) is 11.8 Å². The summed E-state index contributed by atoms with van der Waals surface area (Å²) in [4.78, 5) is 18.5. The summed E-state index contributed by atoms with van der Waals surface area (Å²) in [6.45, 7) is 4.11. The minimum atomic E-state index is 0.245. The fraction of sp³-hybridized carbons (Fsp3) is 0.526. The molecule has 114 valence electrons. The molecule has 1 aromatic heterocycles. The zero-order valence-electron chi connectivity index (χ0n) is 13.0. The van der Waals surface area contributed by atoms with Crippen molar-refractivity contribution < 1.29 is 4.79 Å². The molecule has 4 bridgehead atoms. The summed E-state index contributed by atoms with van der Waals surface area (Å²) >= 11 is 0. The Labute approximate surface area is 130 Å². The number of fused-ring (bicyclic) bond motifs is 4. The zero-order chi connectivity index (χ0) is 14.8. The van der Waals surface area contributed by atoms with Gasteiger partial charge in [0.1, 0.15) is 5.78 Å². The second kappa shape index (κ2) is 4.45. The number of rotatable bonds is 1. The van der Waals surface area contributed by atoms with Gasteiger partial charge in [-0.25, -0.2) is 0 Å². The third-order valence-corrected chi connectivity index (χ3v) is 6.30. The number of aromatic amines is 1. The smallest absolute Gasteiger partial charge is 0.134 e. The van der Waals surface area contributed by atoms with Crippen molar-refractivity contribution >= 4 is 16.7 Å².